The number of rotatable bonds is 5. The third-order valence-electron chi connectivity index (χ3n) is 4.82. The predicted molar refractivity (Wildman–Crippen MR) is 104 cm³/mol. The molecule has 26 heavy (non-hydrogen) atoms. The highest BCUT2D eigenvalue weighted by molar-refractivity contribution is 6.05. The Bertz CT molecular complexity index is 858. The number of ether oxygens (including phenoxy) is 1. The Morgan fingerprint density at radius 1 is 1.23 bits per heavy atom. The molecule has 1 amide bonds. The van der Waals surface area contributed by atoms with Crippen LogP contribution in [0, 0.1) is 11.3 Å². The van der Waals surface area contributed by atoms with Gasteiger partial charge in [0, 0.05) is 11.6 Å². The first kappa shape index (κ1) is 18.0. The number of hydrogen-bond donors (Lipinski definition) is 1. The van der Waals surface area contributed by atoms with Crippen LogP contribution >= 0.6 is 0 Å². The Morgan fingerprint density at radius 3 is 2.73 bits per heavy atom. The summed E-state index contributed by atoms with van der Waals surface area (Å²) in [6, 6.07) is 14.0. The van der Waals surface area contributed by atoms with E-state index in [1.165, 1.54) is 6.42 Å². The third-order valence-corrected chi connectivity index (χ3v) is 4.82. The molecule has 1 saturated carbocycles. The summed E-state index contributed by atoms with van der Waals surface area (Å²) in [5.41, 5.74) is 0.896. The summed E-state index contributed by atoms with van der Waals surface area (Å²) < 4.78 is 5.73. The van der Waals surface area contributed by atoms with Crippen LogP contribution < -0.4 is 10.1 Å². The molecule has 0 aliphatic heterocycles. The zero-order valence-electron chi connectivity index (χ0n) is 15.1. The van der Waals surface area contributed by atoms with E-state index < -0.39 is 0 Å². The van der Waals surface area contributed by atoms with E-state index in [1.54, 1.807) is 6.08 Å². The van der Waals surface area contributed by atoms with Crippen molar-refractivity contribution in [2.75, 3.05) is 6.61 Å². The van der Waals surface area contributed by atoms with Gasteiger partial charge in [-0.2, -0.15) is 5.26 Å². The second kappa shape index (κ2) is 8.53. The molecular weight excluding hydrogens is 324 g/mol. The van der Waals surface area contributed by atoms with E-state index in [-0.39, 0.29) is 17.5 Å². The number of benzene rings is 2. The van der Waals surface area contributed by atoms with Crippen LogP contribution in [-0.4, -0.2) is 18.6 Å². The minimum Gasteiger partial charge on any atom is -0.493 e. The summed E-state index contributed by atoms with van der Waals surface area (Å²) >= 11 is 0. The van der Waals surface area contributed by atoms with Crippen LogP contribution in [0.4, 0.5) is 0 Å². The average Bonchev–Trinajstić information content (AvgIpc) is 2.68. The van der Waals surface area contributed by atoms with Crippen molar-refractivity contribution in [1.29, 1.82) is 5.26 Å². The van der Waals surface area contributed by atoms with Crippen LogP contribution in [0.15, 0.2) is 42.0 Å². The van der Waals surface area contributed by atoms with Gasteiger partial charge >= 0.3 is 0 Å². The van der Waals surface area contributed by atoms with Crippen LogP contribution in [0.2, 0.25) is 0 Å². The molecule has 1 N–H and O–H groups in total. The molecule has 4 nitrogen and oxygen atoms in total. The Hall–Kier alpha value is -2.80. The lowest BCUT2D eigenvalue weighted by molar-refractivity contribution is -0.117. The minimum atomic E-state index is -0.296. The molecule has 0 unspecified atom stereocenters. The van der Waals surface area contributed by atoms with Crippen molar-refractivity contribution in [2.24, 2.45) is 0 Å². The molecular formula is C22H24N2O2. The van der Waals surface area contributed by atoms with Crippen LogP contribution in [0.25, 0.3) is 16.8 Å². The molecule has 0 heterocycles. The van der Waals surface area contributed by atoms with Crippen LogP contribution in [0.3, 0.4) is 0 Å². The molecule has 1 aliphatic rings. The summed E-state index contributed by atoms with van der Waals surface area (Å²) in [5, 5.41) is 14.6. The van der Waals surface area contributed by atoms with Crippen molar-refractivity contribution < 1.29 is 9.53 Å². The van der Waals surface area contributed by atoms with Crippen molar-refractivity contribution in [3.63, 3.8) is 0 Å². The SMILES string of the molecule is CCOc1ccc2ccccc2c1/C=C(/C#N)C(=O)NC1CCCCC1. The lowest BCUT2D eigenvalue weighted by Gasteiger charge is -2.22. The van der Waals surface area contributed by atoms with Gasteiger partial charge in [-0.25, -0.2) is 0 Å². The first-order valence-corrected chi connectivity index (χ1v) is 9.30. The van der Waals surface area contributed by atoms with Crippen molar-refractivity contribution >= 4 is 22.8 Å². The second-order valence-electron chi connectivity index (χ2n) is 6.61. The minimum absolute atomic E-state index is 0.118. The lowest BCUT2D eigenvalue weighted by atomic mass is 9.95. The van der Waals surface area contributed by atoms with E-state index in [2.05, 4.69) is 11.4 Å². The number of fused-ring (bicyclic) bond motifs is 1. The Labute approximate surface area is 154 Å². The molecule has 0 atom stereocenters. The van der Waals surface area contributed by atoms with Crippen molar-refractivity contribution in [2.45, 2.75) is 45.1 Å². The zero-order chi connectivity index (χ0) is 18.4. The van der Waals surface area contributed by atoms with E-state index in [4.69, 9.17) is 4.74 Å². The van der Waals surface area contributed by atoms with Gasteiger partial charge in [0.1, 0.15) is 17.4 Å². The van der Waals surface area contributed by atoms with Gasteiger partial charge in [0.05, 0.1) is 6.61 Å². The number of nitrogens with zero attached hydrogens (tertiary/aromatic N) is 1. The van der Waals surface area contributed by atoms with E-state index in [0.717, 1.165) is 42.0 Å². The molecule has 3 rings (SSSR count). The van der Waals surface area contributed by atoms with Crippen LogP contribution in [0.1, 0.15) is 44.6 Å². The standard InChI is InChI=1S/C22H24N2O2/c1-2-26-21-13-12-16-8-6-7-11-19(16)20(21)14-17(15-23)22(25)24-18-9-4-3-5-10-18/h6-8,11-14,18H,2-5,9-10H2,1H3,(H,24,25)/b17-14-. The van der Waals surface area contributed by atoms with Gasteiger partial charge < -0.3 is 10.1 Å². The van der Waals surface area contributed by atoms with E-state index >= 15 is 0 Å². The lowest BCUT2D eigenvalue weighted by Crippen LogP contribution is -2.36. The zero-order valence-corrected chi connectivity index (χ0v) is 15.1. The maximum absolute atomic E-state index is 12.6. The summed E-state index contributed by atoms with van der Waals surface area (Å²) in [7, 11) is 0. The molecule has 134 valence electrons. The fourth-order valence-electron chi connectivity index (χ4n) is 3.51. The number of nitriles is 1. The maximum atomic E-state index is 12.6. The van der Waals surface area contributed by atoms with Crippen molar-refractivity contribution in [1.82, 2.24) is 5.32 Å². The molecule has 0 aromatic heterocycles. The average molecular weight is 348 g/mol. The molecule has 4 heteroatoms. The Kier molecular flexibility index (Phi) is 5.91. The summed E-state index contributed by atoms with van der Waals surface area (Å²) in [6.07, 6.45) is 7.13. The normalized spacial score (nSPS) is 15.5. The van der Waals surface area contributed by atoms with Gasteiger partial charge in [0.15, 0.2) is 0 Å². The first-order valence-electron chi connectivity index (χ1n) is 9.30. The molecule has 1 fully saturated rings. The molecule has 1 aliphatic carbocycles. The smallest absolute Gasteiger partial charge is 0.262 e. The van der Waals surface area contributed by atoms with Gasteiger partial charge in [-0.1, -0.05) is 49.6 Å². The monoisotopic (exact) mass is 348 g/mol. The predicted octanol–water partition coefficient (Wildman–Crippen LogP) is 4.59. The topological polar surface area (TPSA) is 62.1 Å². The summed E-state index contributed by atoms with van der Waals surface area (Å²) in [4.78, 5) is 12.6. The van der Waals surface area contributed by atoms with Crippen LogP contribution in [0.5, 0.6) is 5.75 Å². The van der Waals surface area contributed by atoms with Crippen molar-refractivity contribution in [3.8, 4) is 11.8 Å². The summed E-state index contributed by atoms with van der Waals surface area (Å²) in [5.74, 6) is 0.388. The van der Waals surface area contributed by atoms with E-state index in [0.29, 0.717) is 12.4 Å². The number of hydrogen-bond acceptors (Lipinski definition) is 3. The maximum Gasteiger partial charge on any atom is 0.262 e. The molecule has 2 aromatic rings. The molecule has 2 aromatic carbocycles. The Balaban J connectivity index is 1.96. The van der Waals surface area contributed by atoms with Gasteiger partial charge in [-0.05, 0) is 42.7 Å². The highest BCUT2D eigenvalue weighted by Crippen LogP contribution is 2.30. The number of amides is 1. The van der Waals surface area contributed by atoms with Crippen molar-refractivity contribution in [3.05, 3.63) is 47.5 Å². The van der Waals surface area contributed by atoms with E-state index in [9.17, 15) is 10.1 Å². The first-order chi connectivity index (χ1) is 12.7. The number of carbonyl (C=O) groups excluding carboxylic acids is 1. The fourth-order valence-corrected chi connectivity index (χ4v) is 3.51. The number of carbonyl (C=O) groups is 1. The second-order valence-corrected chi connectivity index (χ2v) is 6.61. The fraction of sp³-hybridized carbons (Fsp3) is 0.364. The molecule has 0 saturated heterocycles. The highest BCUT2D eigenvalue weighted by Gasteiger charge is 2.19. The highest BCUT2D eigenvalue weighted by atomic mass is 16.5. The van der Waals surface area contributed by atoms with Gasteiger partial charge in [-0.15, -0.1) is 0 Å². The third kappa shape index (κ3) is 4.05. The summed E-state index contributed by atoms with van der Waals surface area (Å²) in [6.45, 7) is 2.44. The largest absolute Gasteiger partial charge is 0.493 e. The molecule has 0 radical (unpaired) electrons. The van der Waals surface area contributed by atoms with E-state index in [1.807, 2.05) is 43.3 Å². The number of nitrogens with one attached hydrogen (secondary N) is 1. The van der Waals surface area contributed by atoms with Gasteiger partial charge in [-0.3, -0.25) is 4.79 Å². The van der Waals surface area contributed by atoms with Gasteiger partial charge in [0.2, 0.25) is 0 Å². The molecule has 0 bridgehead atoms. The Morgan fingerprint density at radius 2 is 2.00 bits per heavy atom. The van der Waals surface area contributed by atoms with Gasteiger partial charge in [0.25, 0.3) is 5.91 Å². The quantitative estimate of drug-likeness (QED) is 0.635. The van der Waals surface area contributed by atoms with Crippen LogP contribution in [-0.2, 0) is 4.79 Å². The molecule has 0 spiro atoms.